The number of carbonyl (C=O) groups excluding carboxylic acids is 1. The van der Waals surface area contributed by atoms with Crippen LogP contribution in [0.2, 0.25) is 0 Å². The molecule has 0 aliphatic rings. The fraction of sp³-hybridized carbons (Fsp3) is 0.100. The van der Waals surface area contributed by atoms with Crippen molar-refractivity contribution in [2.75, 3.05) is 5.73 Å². The number of aromatic amines is 1. The van der Waals surface area contributed by atoms with Crippen molar-refractivity contribution in [1.29, 1.82) is 0 Å². The molecular formula is C20H18N5O2+. The number of hydrogen-bond donors (Lipinski definition) is 2. The molecule has 0 saturated carbocycles. The summed E-state index contributed by atoms with van der Waals surface area (Å²) in [7, 11) is 1.74. The number of ketones is 1. The van der Waals surface area contributed by atoms with E-state index in [1.54, 1.807) is 34.6 Å². The van der Waals surface area contributed by atoms with Crippen molar-refractivity contribution >= 4 is 22.9 Å². The number of Topliss-reactive ketones (excluding diaryl/α,β-unsaturated/α-hetero) is 1. The lowest BCUT2D eigenvalue weighted by atomic mass is 9.97. The van der Waals surface area contributed by atoms with Crippen molar-refractivity contribution < 1.29 is 9.36 Å². The van der Waals surface area contributed by atoms with Crippen LogP contribution in [0, 0.1) is 0 Å². The number of nitrogens with zero attached hydrogens (tertiary/aromatic N) is 3. The molecule has 1 atom stereocenters. The van der Waals surface area contributed by atoms with Crippen LogP contribution in [0.15, 0.2) is 71.8 Å². The molecule has 0 amide bonds. The number of benzene rings is 2. The second-order valence-electron chi connectivity index (χ2n) is 6.30. The summed E-state index contributed by atoms with van der Waals surface area (Å²) in [6.45, 7) is 0. The van der Waals surface area contributed by atoms with E-state index in [2.05, 4.69) is 9.97 Å². The van der Waals surface area contributed by atoms with Gasteiger partial charge in [0.05, 0.1) is 7.05 Å². The summed E-state index contributed by atoms with van der Waals surface area (Å²) in [6, 6.07) is 17.8. The number of nitrogen functional groups attached to an aromatic ring is 1. The van der Waals surface area contributed by atoms with Gasteiger partial charge in [-0.3, -0.25) is 19.1 Å². The Morgan fingerprint density at radius 1 is 1.11 bits per heavy atom. The molecule has 2 aromatic carbocycles. The molecule has 27 heavy (non-hydrogen) atoms. The molecule has 7 nitrogen and oxygen atoms in total. The highest BCUT2D eigenvalue weighted by molar-refractivity contribution is 6.00. The van der Waals surface area contributed by atoms with Gasteiger partial charge in [-0.25, -0.2) is 4.57 Å². The molecule has 7 heteroatoms. The maximum absolute atomic E-state index is 13.4. The molecule has 2 heterocycles. The van der Waals surface area contributed by atoms with Gasteiger partial charge >= 0.3 is 5.65 Å². The number of aryl methyl sites for hydroxylation is 1. The maximum Gasteiger partial charge on any atom is 0.312 e. The van der Waals surface area contributed by atoms with Crippen molar-refractivity contribution in [2.45, 2.75) is 6.04 Å². The lowest BCUT2D eigenvalue weighted by Gasteiger charge is -2.14. The minimum Gasteiger partial charge on any atom is -0.355 e. The molecule has 0 aliphatic heterocycles. The van der Waals surface area contributed by atoms with Gasteiger partial charge in [-0.05, 0) is 5.56 Å². The van der Waals surface area contributed by atoms with E-state index in [0.29, 0.717) is 16.7 Å². The predicted octanol–water partition coefficient (Wildman–Crippen LogP) is 1.60. The quantitative estimate of drug-likeness (QED) is 0.427. The molecule has 0 bridgehead atoms. The second kappa shape index (κ2) is 6.53. The summed E-state index contributed by atoms with van der Waals surface area (Å²) in [4.78, 5) is 32.5. The van der Waals surface area contributed by atoms with Gasteiger partial charge in [-0.2, -0.15) is 0 Å². The van der Waals surface area contributed by atoms with Crippen LogP contribution in [0.5, 0.6) is 0 Å². The Morgan fingerprint density at radius 3 is 2.41 bits per heavy atom. The van der Waals surface area contributed by atoms with Crippen molar-refractivity contribution in [1.82, 2.24) is 14.5 Å². The number of nitrogens with one attached hydrogen (secondary N) is 1. The summed E-state index contributed by atoms with van der Waals surface area (Å²) in [5, 5.41) is 0. The molecule has 0 radical (unpaired) electrons. The smallest absolute Gasteiger partial charge is 0.312 e. The highest BCUT2D eigenvalue weighted by Crippen LogP contribution is 2.20. The molecule has 0 aliphatic carbocycles. The monoisotopic (exact) mass is 360 g/mol. The van der Waals surface area contributed by atoms with Crippen molar-refractivity contribution in [2.24, 2.45) is 7.05 Å². The number of imidazole rings is 1. The first-order chi connectivity index (χ1) is 13.1. The molecule has 0 fully saturated rings. The summed E-state index contributed by atoms with van der Waals surface area (Å²) < 4.78 is 3.35. The van der Waals surface area contributed by atoms with E-state index in [-0.39, 0.29) is 17.3 Å². The van der Waals surface area contributed by atoms with E-state index in [9.17, 15) is 9.59 Å². The topological polar surface area (TPSA) is 97.6 Å². The molecule has 4 rings (SSSR count). The minimum atomic E-state index is -0.675. The summed E-state index contributed by atoms with van der Waals surface area (Å²) in [6.07, 6.45) is 1.70. The van der Waals surface area contributed by atoms with Gasteiger partial charge < -0.3 is 5.73 Å². The number of nitrogens with two attached hydrogens (primary N) is 1. The molecule has 0 saturated heterocycles. The summed E-state index contributed by atoms with van der Waals surface area (Å²) >= 11 is 0. The molecular weight excluding hydrogens is 342 g/mol. The number of rotatable bonds is 4. The van der Waals surface area contributed by atoms with Crippen LogP contribution in [0.1, 0.15) is 22.0 Å². The molecule has 134 valence electrons. The highest BCUT2D eigenvalue weighted by atomic mass is 16.1. The first-order valence-electron chi connectivity index (χ1n) is 8.46. The van der Waals surface area contributed by atoms with E-state index >= 15 is 0 Å². The fourth-order valence-corrected chi connectivity index (χ4v) is 3.29. The van der Waals surface area contributed by atoms with Crippen LogP contribution in [-0.2, 0) is 7.05 Å². The normalized spacial score (nSPS) is 12.2. The number of fused-ring (bicyclic) bond motifs is 1. The van der Waals surface area contributed by atoms with Crippen molar-refractivity contribution in [3.63, 3.8) is 0 Å². The van der Waals surface area contributed by atoms with E-state index < -0.39 is 6.04 Å². The zero-order valence-electron chi connectivity index (χ0n) is 14.7. The van der Waals surface area contributed by atoms with Gasteiger partial charge in [0.25, 0.3) is 11.5 Å². The SMILES string of the molecule is Cn1c[n+](C(C(=O)c2ccccc2)c2ccccc2)c2nc(N)[nH]c(=O)c21. The van der Waals surface area contributed by atoms with E-state index in [1.165, 1.54) is 0 Å². The summed E-state index contributed by atoms with van der Waals surface area (Å²) in [5.41, 5.74) is 7.49. The Hall–Kier alpha value is -3.74. The number of hydrogen-bond acceptors (Lipinski definition) is 4. The third-order valence-corrected chi connectivity index (χ3v) is 4.49. The van der Waals surface area contributed by atoms with Crippen LogP contribution in [0.4, 0.5) is 5.95 Å². The second-order valence-corrected chi connectivity index (χ2v) is 6.30. The maximum atomic E-state index is 13.4. The Kier molecular flexibility index (Phi) is 4.04. The largest absolute Gasteiger partial charge is 0.355 e. The Labute approximate surface area is 154 Å². The van der Waals surface area contributed by atoms with E-state index in [1.807, 2.05) is 48.5 Å². The van der Waals surface area contributed by atoms with Gasteiger partial charge in [0.1, 0.15) is 0 Å². The van der Waals surface area contributed by atoms with Crippen LogP contribution in [0.25, 0.3) is 11.2 Å². The van der Waals surface area contributed by atoms with Gasteiger partial charge in [-0.15, -0.1) is 0 Å². The van der Waals surface area contributed by atoms with Crippen molar-refractivity contribution in [3.8, 4) is 0 Å². The van der Waals surface area contributed by atoms with E-state index in [0.717, 1.165) is 5.56 Å². The van der Waals surface area contributed by atoms with Crippen LogP contribution in [0.3, 0.4) is 0 Å². The van der Waals surface area contributed by atoms with Gasteiger partial charge in [0.15, 0.2) is 12.4 Å². The Balaban J connectivity index is 1.99. The average Bonchev–Trinajstić information content (AvgIpc) is 3.00. The third kappa shape index (κ3) is 2.89. The molecule has 3 N–H and O–H groups in total. The van der Waals surface area contributed by atoms with E-state index in [4.69, 9.17) is 5.73 Å². The number of anilines is 1. The highest BCUT2D eigenvalue weighted by Gasteiger charge is 2.32. The van der Waals surface area contributed by atoms with Crippen LogP contribution >= 0.6 is 0 Å². The van der Waals surface area contributed by atoms with Crippen LogP contribution in [-0.4, -0.2) is 20.3 Å². The summed E-state index contributed by atoms with van der Waals surface area (Å²) in [5.74, 6) is -0.0913. The minimum absolute atomic E-state index is 0.00595. The standard InChI is InChI=1S/C20H17N5O2/c1-24-12-25(18-16(24)19(27)23-20(21)22-18)15(13-8-4-2-5-9-13)17(26)14-10-6-3-7-11-14/h2-12,15H,1H3,(H2-,21,22,23,27)/p+1. The molecule has 0 spiro atoms. The van der Waals surface area contributed by atoms with Gasteiger partial charge in [0.2, 0.25) is 11.3 Å². The molecule has 4 aromatic rings. The van der Waals surface area contributed by atoms with Crippen LogP contribution < -0.4 is 15.9 Å². The first-order valence-corrected chi connectivity index (χ1v) is 8.46. The van der Waals surface area contributed by atoms with Crippen molar-refractivity contribution in [3.05, 3.63) is 88.5 Å². The Morgan fingerprint density at radius 2 is 1.74 bits per heavy atom. The van der Waals surface area contributed by atoms with Gasteiger partial charge in [-0.1, -0.05) is 65.6 Å². The number of H-pyrrole nitrogens is 1. The number of aromatic nitrogens is 4. The lowest BCUT2D eigenvalue weighted by Crippen LogP contribution is -2.44. The zero-order chi connectivity index (χ0) is 19.0. The predicted molar refractivity (Wildman–Crippen MR) is 101 cm³/mol. The Bertz CT molecular complexity index is 1180. The third-order valence-electron chi connectivity index (χ3n) is 4.49. The molecule has 1 unspecified atom stereocenters. The zero-order valence-corrected chi connectivity index (χ0v) is 14.7. The first kappa shape index (κ1) is 16.7. The average molecular weight is 360 g/mol. The lowest BCUT2D eigenvalue weighted by molar-refractivity contribution is -0.676. The fourth-order valence-electron chi connectivity index (χ4n) is 3.29. The van der Waals surface area contributed by atoms with Gasteiger partial charge in [0, 0.05) is 5.56 Å². The molecule has 2 aromatic heterocycles. The number of carbonyl (C=O) groups is 1.